The summed E-state index contributed by atoms with van der Waals surface area (Å²) in [6.07, 6.45) is -1.68. The molecule has 1 atom stereocenters. The van der Waals surface area contributed by atoms with E-state index in [9.17, 15) is 9.59 Å². The number of carbonyl (C=O) groups is 2. The summed E-state index contributed by atoms with van der Waals surface area (Å²) in [6.45, 7) is -0.431. The van der Waals surface area contributed by atoms with Crippen molar-refractivity contribution in [3.63, 3.8) is 0 Å². The Labute approximate surface area is 114 Å². The second-order valence-electron chi connectivity index (χ2n) is 3.72. The number of rotatable bonds is 5. The van der Waals surface area contributed by atoms with E-state index in [-0.39, 0.29) is 5.75 Å². The van der Waals surface area contributed by atoms with Gasteiger partial charge in [0, 0.05) is 6.07 Å². The van der Waals surface area contributed by atoms with E-state index < -0.39 is 24.6 Å². The Morgan fingerprint density at radius 1 is 1.50 bits per heavy atom. The number of nitriles is 1. The molecule has 0 bridgehead atoms. The van der Waals surface area contributed by atoms with E-state index in [1.165, 1.54) is 25.3 Å². The minimum atomic E-state index is -1.68. The van der Waals surface area contributed by atoms with Crippen molar-refractivity contribution in [3.05, 3.63) is 23.8 Å². The van der Waals surface area contributed by atoms with Crippen molar-refractivity contribution in [3.8, 4) is 11.8 Å². The van der Waals surface area contributed by atoms with Gasteiger partial charge in [0.1, 0.15) is 5.75 Å². The number of aliphatic hydroxyl groups excluding tert-OH is 1. The lowest BCUT2D eigenvalue weighted by Gasteiger charge is -2.12. The number of carboxylic acids is 1. The van der Waals surface area contributed by atoms with Crippen LogP contribution in [0.5, 0.6) is 5.75 Å². The van der Waals surface area contributed by atoms with E-state index >= 15 is 0 Å². The smallest absolute Gasteiger partial charge is 0.334 e. The number of anilines is 1. The summed E-state index contributed by atoms with van der Waals surface area (Å²) in [6, 6.07) is 5.64. The van der Waals surface area contributed by atoms with Crippen molar-refractivity contribution >= 4 is 17.7 Å². The van der Waals surface area contributed by atoms with Gasteiger partial charge in [-0.3, -0.25) is 0 Å². The molecule has 0 aliphatic heterocycles. The Morgan fingerprint density at radius 3 is 2.75 bits per heavy atom. The molecule has 1 unspecified atom stereocenters. The molecule has 0 saturated carbocycles. The zero-order valence-electron chi connectivity index (χ0n) is 10.6. The van der Waals surface area contributed by atoms with Crippen molar-refractivity contribution in [1.82, 2.24) is 5.32 Å². The van der Waals surface area contributed by atoms with Crippen molar-refractivity contribution in [1.29, 1.82) is 5.26 Å². The van der Waals surface area contributed by atoms with Crippen LogP contribution in [0, 0.1) is 11.3 Å². The number of benzene rings is 1. The zero-order chi connectivity index (χ0) is 15.1. The maximum Gasteiger partial charge on any atom is 0.334 e. The normalized spacial score (nSPS) is 11.1. The van der Waals surface area contributed by atoms with Crippen LogP contribution in [0.1, 0.15) is 5.56 Å². The molecule has 8 heteroatoms. The van der Waals surface area contributed by atoms with E-state index in [2.05, 4.69) is 10.6 Å². The SMILES string of the molecule is COc1cc(C#N)ccc1NC(=O)NCC(O)C(=O)O. The van der Waals surface area contributed by atoms with Gasteiger partial charge in [-0.05, 0) is 12.1 Å². The summed E-state index contributed by atoms with van der Waals surface area (Å²) in [5.74, 6) is -1.14. The van der Waals surface area contributed by atoms with Gasteiger partial charge in [-0.15, -0.1) is 0 Å². The molecule has 1 aromatic carbocycles. The first kappa shape index (κ1) is 15.3. The minimum Gasteiger partial charge on any atom is -0.495 e. The quantitative estimate of drug-likeness (QED) is 0.606. The molecule has 0 aromatic heterocycles. The Balaban J connectivity index is 2.67. The predicted octanol–water partition coefficient (Wildman–Crippen LogP) is 0.134. The van der Waals surface area contributed by atoms with Crippen molar-refractivity contribution in [2.24, 2.45) is 0 Å². The van der Waals surface area contributed by atoms with E-state index in [0.29, 0.717) is 11.3 Å². The van der Waals surface area contributed by atoms with E-state index in [0.717, 1.165) is 0 Å². The fourth-order valence-corrected chi connectivity index (χ4v) is 1.31. The monoisotopic (exact) mass is 279 g/mol. The number of carbonyl (C=O) groups excluding carboxylic acids is 1. The molecule has 2 amide bonds. The van der Waals surface area contributed by atoms with Crippen LogP contribution in [0.3, 0.4) is 0 Å². The fourth-order valence-electron chi connectivity index (χ4n) is 1.31. The maximum atomic E-state index is 11.5. The second-order valence-corrected chi connectivity index (χ2v) is 3.72. The summed E-state index contributed by atoms with van der Waals surface area (Å²) in [5, 5.41) is 30.8. The lowest BCUT2D eigenvalue weighted by Crippen LogP contribution is -2.38. The summed E-state index contributed by atoms with van der Waals surface area (Å²) in [4.78, 5) is 21.9. The lowest BCUT2D eigenvalue weighted by atomic mass is 10.2. The minimum absolute atomic E-state index is 0.290. The molecule has 8 nitrogen and oxygen atoms in total. The Morgan fingerprint density at radius 2 is 2.20 bits per heavy atom. The first-order chi connectivity index (χ1) is 9.47. The number of hydrogen-bond acceptors (Lipinski definition) is 5. The lowest BCUT2D eigenvalue weighted by molar-refractivity contribution is -0.146. The Bertz CT molecular complexity index is 553. The highest BCUT2D eigenvalue weighted by molar-refractivity contribution is 5.91. The highest BCUT2D eigenvalue weighted by Crippen LogP contribution is 2.25. The van der Waals surface area contributed by atoms with Crippen LogP contribution in [0.15, 0.2) is 18.2 Å². The third-order valence-corrected chi connectivity index (χ3v) is 2.32. The average Bonchev–Trinajstić information content (AvgIpc) is 2.44. The number of carboxylic acid groups (broad SMARTS) is 1. The first-order valence-corrected chi connectivity index (χ1v) is 5.51. The molecule has 0 spiro atoms. The summed E-state index contributed by atoms with van der Waals surface area (Å²) in [5.41, 5.74) is 0.683. The molecule has 106 valence electrons. The molecule has 0 aliphatic rings. The van der Waals surface area contributed by atoms with Gasteiger partial charge < -0.3 is 25.6 Å². The number of aliphatic hydroxyl groups is 1. The van der Waals surface area contributed by atoms with Crippen molar-refractivity contribution in [2.75, 3.05) is 19.0 Å². The van der Waals surface area contributed by atoms with Gasteiger partial charge in [-0.2, -0.15) is 5.26 Å². The highest BCUT2D eigenvalue weighted by Gasteiger charge is 2.15. The zero-order valence-corrected chi connectivity index (χ0v) is 10.6. The van der Waals surface area contributed by atoms with Gasteiger partial charge in [0.05, 0.1) is 31.0 Å². The van der Waals surface area contributed by atoms with Crippen LogP contribution in [0.2, 0.25) is 0 Å². The summed E-state index contributed by atoms with van der Waals surface area (Å²) >= 11 is 0. The largest absolute Gasteiger partial charge is 0.495 e. The third kappa shape index (κ3) is 4.15. The molecule has 0 aliphatic carbocycles. The molecular formula is C12H13N3O5. The number of hydrogen-bond donors (Lipinski definition) is 4. The summed E-state index contributed by atoms with van der Waals surface area (Å²) in [7, 11) is 1.38. The molecule has 1 rings (SSSR count). The van der Waals surface area contributed by atoms with E-state index in [1.54, 1.807) is 0 Å². The number of aliphatic carboxylic acids is 1. The number of nitrogens with zero attached hydrogens (tertiary/aromatic N) is 1. The predicted molar refractivity (Wildman–Crippen MR) is 68.4 cm³/mol. The third-order valence-electron chi connectivity index (χ3n) is 2.32. The molecule has 4 N–H and O–H groups in total. The number of nitrogens with one attached hydrogen (secondary N) is 2. The van der Waals surface area contributed by atoms with Crippen LogP contribution in [0.25, 0.3) is 0 Å². The molecule has 0 fully saturated rings. The topological polar surface area (TPSA) is 132 Å². The number of methoxy groups -OCH3 is 1. The first-order valence-electron chi connectivity index (χ1n) is 5.51. The van der Waals surface area contributed by atoms with E-state index in [4.69, 9.17) is 20.2 Å². The molecular weight excluding hydrogens is 266 g/mol. The van der Waals surface area contributed by atoms with E-state index in [1.807, 2.05) is 6.07 Å². The summed E-state index contributed by atoms with van der Waals surface area (Å²) < 4.78 is 5.02. The Kier molecular flexibility index (Phi) is 5.31. The van der Waals surface area contributed by atoms with Crippen LogP contribution >= 0.6 is 0 Å². The standard InChI is InChI=1S/C12H13N3O5/c1-20-10-4-7(5-13)2-3-8(10)15-12(19)14-6-9(16)11(17)18/h2-4,9,16H,6H2,1H3,(H,17,18)(H2,14,15,19). The molecule has 20 heavy (non-hydrogen) atoms. The van der Waals surface area contributed by atoms with Crippen molar-refractivity contribution < 1.29 is 24.5 Å². The number of urea groups is 1. The average molecular weight is 279 g/mol. The van der Waals surface area contributed by atoms with Gasteiger partial charge in [-0.25, -0.2) is 9.59 Å². The molecule has 0 heterocycles. The fraction of sp³-hybridized carbons (Fsp3) is 0.250. The number of ether oxygens (including phenoxy) is 1. The maximum absolute atomic E-state index is 11.5. The molecule has 1 aromatic rings. The van der Waals surface area contributed by atoms with Gasteiger partial charge in [0.15, 0.2) is 6.10 Å². The second kappa shape index (κ2) is 6.96. The number of amides is 2. The highest BCUT2D eigenvalue weighted by atomic mass is 16.5. The van der Waals surface area contributed by atoms with Crippen LogP contribution in [-0.4, -0.2) is 42.0 Å². The molecule has 0 radical (unpaired) electrons. The van der Waals surface area contributed by atoms with Gasteiger partial charge in [0.2, 0.25) is 0 Å². The van der Waals surface area contributed by atoms with Gasteiger partial charge >= 0.3 is 12.0 Å². The van der Waals surface area contributed by atoms with Crippen LogP contribution in [-0.2, 0) is 4.79 Å². The van der Waals surface area contributed by atoms with Crippen LogP contribution in [0.4, 0.5) is 10.5 Å². The van der Waals surface area contributed by atoms with Crippen LogP contribution < -0.4 is 15.4 Å². The molecule has 0 saturated heterocycles. The Hall–Kier alpha value is -2.79. The van der Waals surface area contributed by atoms with Gasteiger partial charge in [-0.1, -0.05) is 0 Å². The van der Waals surface area contributed by atoms with Crippen molar-refractivity contribution in [2.45, 2.75) is 6.10 Å². The van der Waals surface area contributed by atoms with Gasteiger partial charge in [0.25, 0.3) is 0 Å².